The number of pyridine rings is 1. The maximum absolute atomic E-state index is 11.5. The first-order chi connectivity index (χ1) is 8.90. The van der Waals surface area contributed by atoms with Gasteiger partial charge >= 0.3 is 12.1 Å². The molecule has 6 nitrogen and oxygen atoms in total. The number of rotatable bonds is 5. The van der Waals surface area contributed by atoms with Crippen molar-refractivity contribution >= 4 is 12.1 Å². The third-order valence-corrected chi connectivity index (χ3v) is 2.50. The summed E-state index contributed by atoms with van der Waals surface area (Å²) in [5.74, 6) is -1.30. The Morgan fingerprint density at radius 2 is 2.11 bits per heavy atom. The van der Waals surface area contributed by atoms with Crippen molar-refractivity contribution in [2.75, 3.05) is 0 Å². The standard InChI is InChI=1S/C13H18N2O4/c1-8(2)11(12(16)17)15-13(18)19-7-10-6-4-5-9(3)14-10/h4-6,8,11H,7H2,1-3H3,(H,15,18)(H,16,17)/t11-/m0/s1. The number of alkyl carbamates (subject to hydrolysis) is 1. The van der Waals surface area contributed by atoms with Crippen molar-refractivity contribution < 1.29 is 19.4 Å². The molecular formula is C13H18N2O4. The first-order valence-corrected chi connectivity index (χ1v) is 5.98. The number of aryl methyl sites for hydroxylation is 1. The van der Waals surface area contributed by atoms with Crippen LogP contribution in [0.2, 0.25) is 0 Å². The Kier molecular flexibility index (Phi) is 5.29. The van der Waals surface area contributed by atoms with Gasteiger partial charge in [0, 0.05) is 5.69 Å². The lowest BCUT2D eigenvalue weighted by molar-refractivity contribution is -0.140. The van der Waals surface area contributed by atoms with Crippen LogP contribution in [-0.4, -0.2) is 28.2 Å². The van der Waals surface area contributed by atoms with Gasteiger partial charge in [-0.25, -0.2) is 9.59 Å². The third kappa shape index (κ3) is 4.95. The highest BCUT2D eigenvalue weighted by molar-refractivity contribution is 5.80. The van der Waals surface area contributed by atoms with E-state index in [1.807, 2.05) is 19.1 Å². The molecule has 1 atom stereocenters. The number of ether oxygens (including phenoxy) is 1. The molecule has 1 heterocycles. The fourth-order valence-corrected chi connectivity index (χ4v) is 1.50. The van der Waals surface area contributed by atoms with E-state index in [0.717, 1.165) is 5.69 Å². The minimum atomic E-state index is -1.08. The lowest BCUT2D eigenvalue weighted by Crippen LogP contribution is -2.44. The summed E-state index contributed by atoms with van der Waals surface area (Å²) in [6, 6.07) is 4.42. The van der Waals surface area contributed by atoms with E-state index in [9.17, 15) is 9.59 Å². The molecule has 1 aromatic rings. The van der Waals surface area contributed by atoms with Crippen LogP contribution in [0, 0.1) is 12.8 Å². The molecule has 0 aliphatic carbocycles. The topological polar surface area (TPSA) is 88.5 Å². The Balaban J connectivity index is 2.49. The maximum Gasteiger partial charge on any atom is 0.408 e. The average molecular weight is 266 g/mol. The Morgan fingerprint density at radius 1 is 1.42 bits per heavy atom. The average Bonchev–Trinajstić information content (AvgIpc) is 2.32. The van der Waals surface area contributed by atoms with Gasteiger partial charge in [-0.1, -0.05) is 19.9 Å². The molecule has 19 heavy (non-hydrogen) atoms. The SMILES string of the molecule is Cc1cccc(COC(=O)N[C@H](C(=O)O)C(C)C)n1. The zero-order chi connectivity index (χ0) is 14.4. The first kappa shape index (κ1) is 14.9. The Bertz CT molecular complexity index is 460. The number of aromatic nitrogens is 1. The summed E-state index contributed by atoms with van der Waals surface area (Å²) in [4.78, 5) is 26.6. The highest BCUT2D eigenvalue weighted by Crippen LogP contribution is 2.04. The Hall–Kier alpha value is -2.11. The van der Waals surface area contributed by atoms with E-state index in [2.05, 4.69) is 10.3 Å². The van der Waals surface area contributed by atoms with Crippen molar-refractivity contribution in [2.45, 2.75) is 33.4 Å². The van der Waals surface area contributed by atoms with Gasteiger partial charge in [-0.15, -0.1) is 0 Å². The van der Waals surface area contributed by atoms with Gasteiger partial charge in [-0.3, -0.25) is 4.98 Å². The number of carbonyl (C=O) groups is 2. The second kappa shape index (κ2) is 6.72. The molecule has 1 aromatic heterocycles. The lowest BCUT2D eigenvalue weighted by Gasteiger charge is -2.17. The molecule has 0 aromatic carbocycles. The molecule has 2 N–H and O–H groups in total. The largest absolute Gasteiger partial charge is 0.480 e. The fourth-order valence-electron chi connectivity index (χ4n) is 1.50. The molecular weight excluding hydrogens is 248 g/mol. The van der Waals surface area contributed by atoms with E-state index in [4.69, 9.17) is 9.84 Å². The Labute approximate surface area is 111 Å². The number of aliphatic carboxylic acids is 1. The predicted molar refractivity (Wildman–Crippen MR) is 68.6 cm³/mol. The molecule has 1 amide bonds. The van der Waals surface area contributed by atoms with E-state index in [0.29, 0.717) is 5.69 Å². The van der Waals surface area contributed by atoms with Crippen LogP contribution < -0.4 is 5.32 Å². The summed E-state index contributed by atoms with van der Waals surface area (Å²) in [7, 11) is 0. The van der Waals surface area contributed by atoms with Crippen LogP contribution >= 0.6 is 0 Å². The van der Waals surface area contributed by atoms with Gasteiger partial charge < -0.3 is 15.2 Å². The van der Waals surface area contributed by atoms with Gasteiger partial charge in [-0.2, -0.15) is 0 Å². The molecule has 0 unspecified atom stereocenters. The second-order valence-corrected chi connectivity index (χ2v) is 4.55. The van der Waals surface area contributed by atoms with Crippen molar-refractivity contribution in [3.63, 3.8) is 0 Å². The van der Waals surface area contributed by atoms with Crippen LogP contribution in [0.25, 0.3) is 0 Å². The summed E-state index contributed by atoms with van der Waals surface area (Å²) >= 11 is 0. The van der Waals surface area contributed by atoms with Crippen molar-refractivity contribution in [3.05, 3.63) is 29.6 Å². The number of nitrogens with one attached hydrogen (secondary N) is 1. The zero-order valence-electron chi connectivity index (χ0n) is 11.2. The van der Waals surface area contributed by atoms with E-state index < -0.39 is 18.1 Å². The van der Waals surface area contributed by atoms with Crippen molar-refractivity contribution in [1.82, 2.24) is 10.3 Å². The molecule has 0 spiro atoms. The first-order valence-electron chi connectivity index (χ1n) is 5.98. The molecule has 0 aliphatic rings. The van der Waals surface area contributed by atoms with E-state index in [-0.39, 0.29) is 12.5 Å². The van der Waals surface area contributed by atoms with Gasteiger partial charge in [-0.05, 0) is 25.0 Å². The van der Waals surface area contributed by atoms with Gasteiger partial charge in [0.25, 0.3) is 0 Å². The number of carbonyl (C=O) groups excluding carboxylic acids is 1. The van der Waals surface area contributed by atoms with Gasteiger partial charge in [0.05, 0.1) is 5.69 Å². The number of hydrogen-bond acceptors (Lipinski definition) is 4. The fraction of sp³-hybridized carbons (Fsp3) is 0.462. The quantitative estimate of drug-likeness (QED) is 0.847. The summed E-state index contributed by atoms with van der Waals surface area (Å²) in [6.45, 7) is 5.27. The predicted octanol–water partition coefficient (Wildman–Crippen LogP) is 1.73. The van der Waals surface area contributed by atoms with Crippen LogP contribution in [0.15, 0.2) is 18.2 Å². The van der Waals surface area contributed by atoms with Gasteiger partial charge in [0.15, 0.2) is 0 Å². The molecule has 0 saturated carbocycles. The molecule has 0 saturated heterocycles. The Morgan fingerprint density at radius 3 is 2.63 bits per heavy atom. The highest BCUT2D eigenvalue weighted by Gasteiger charge is 2.23. The molecule has 0 aliphatic heterocycles. The number of carboxylic acids is 1. The number of hydrogen-bond donors (Lipinski definition) is 2. The van der Waals surface area contributed by atoms with Crippen LogP contribution in [0.1, 0.15) is 25.2 Å². The minimum Gasteiger partial charge on any atom is -0.480 e. The summed E-state index contributed by atoms with van der Waals surface area (Å²) in [6.07, 6.45) is -0.760. The molecule has 0 fully saturated rings. The zero-order valence-corrected chi connectivity index (χ0v) is 11.2. The number of nitrogens with zero attached hydrogens (tertiary/aromatic N) is 1. The van der Waals surface area contributed by atoms with Crippen LogP contribution in [0.3, 0.4) is 0 Å². The molecule has 0 bridgehead atoms. The monoisotopic (exact) mass is 266 g/mol. The smallest absolute Gasteiger partial charge is 0.408 e. The summed E-state index contributed by atoms with van der Waals surface area (Å²) in [5, 5.41) is 11.2. The van der Waals surface area contributed by atoms with Gasteiger partial charge in [0.1, 0.15) is 12.6 Å². The normalized spacial score (nSPS) is 12.0. The molecule has 104 valence electrons. The van der Waals surface area contributed by atoms with Crippen LogP contribution in [-0.2, 0) is 16.1 Å². The maximum atomic E-state index is 11.5. The van der Waals surface area contributed by atoms with Crippen molar-refractivity contribution in [2.24, 2.45) is 5.92 Å². The molecule has 0 radical (unpaired) electrons. The van der Waals surface area contributed by atoms with E-state index in [1.165, 1.54) is 0 Å². The molecule has 6 heteroatoms. The van der Waals surface area contributed by atoms with Crippen LogP contribution in [0.4, 0.5) is 4.79 Å². The third-order valence-electron chi connectivity index (χ3n) is 2.50. The summed E-state index contributed by atoms with van der Waals surface area (Å²) in [5.41, 5.74) is 1.44. The number of amides is 1. The van der Waals surface area contributed by atoms with E-state index >= 15 is 0 Å². The second-order valence-electron chi connectivity index (χ2n) is 4.55. The van der Waals surface area contributed by atoms with Crippen molar-refractivity contribution in [1.29, 1.82) is 0 Å². The van der Waals surface area contributed by atoms with Crippen molar-refractivity contribution in [3.8, 4) is 0 Å². The van der Waals surface area contributed by atoms with Gasteiger partial charge in [0.2, 0.25) is 0 Å². The lowest BCUT2D eigenvalue weighted by atomic mass is 10.1. The molecule has 1 rings (SSSR count). The highest BCUT2D eigenvalue weighted by atomic mass is 16.5. The number of carboxylic acid groups (broad SMARTS) is 1. The van der Waals surface area contributed by atoms with E-state index in [1.54, 1.807) is 19.9 Å². The summed E-state index contributed by atoms with van der Waals surface area (Å²) < 4.78 is 4.94. The van der Waals surface area contributed by atoms with Crippen LogP contribution in [0.5, 0.6) is 0 Å². The minimum absolute atomic E-state index is 0.0119.